The molecule has 2 aromatic rings. The summed E-state index contributed by atoms with van der Waals surface area (Å²) < 4.78 is 11.5. The second-order valence-corrected chi connectivity index (χ2v) is 11.6. The number of ether oxygens (including phenoxy) is 2. The summed E-state index contributed by atoms with van der Waals surface area (Å²) in [6, 6.07) is 8.52. The fourth-order valence-corrected chi connectivity index (χ4v) is 7.82. The molecule has 6 rings (SSSR count). The van der Waals surface area contributed by atoms with E-state index in [1.807, 2.05) is 0 Å². The number of rotatable bonds is 2. The van der Waals surface area contributed by atoms with Gasteiger partial charge in [0.1, 0.15) is 17.8 Å². The molecule has 6 nitrogen and oxygen atoms in total. The zero-order valence-electron chi connectivity index (χ0n) is 19.8. The van der Waals surface area contributed by atoms with Gasteiger partial charge >= 0.3 is 5.97 Å². The molecule has 0 bridgehead atoms. The Morgan fingerprint density at radius 3 is 2.58 bits per heavy atom. The predicted molar refractivity (Wildman–Crippen MR) is 123 cm³/mol. The lowest BCUT2D eigenvalue weighted by molar-refractivity contribution is -0.172. The van der Waals surface area contributed by atoms with E-state index in [1.54, 1.807) is 13.8 Å². The fourth-order valence-electron chi connectivity index (χ4n) is 7.82. The number of fused-ring (bicyclic) bond motifs is 7. The number of benzene rings is 1. The second-order valence-electron chi connectivity index (χ2n) is 11.6. The third-order valence-electron chi connectivity index (χ3n) is 9.83. The van der Waals surface area contributed by atoms with E-state index in [2.05, 4.69) is 43.1 Å². The Hall–Kier alpha value is -2.18. The Labute approximate surface area is 194 Å². The van der Waals surface area contributed by atoms with Crippen molar-refractivity contribution in [1.82, 2.24) is 4.98 Å². The Morgan fingerprint density at radius 2 is 1.85 bits per heavy atom. The Kier molecular flexibility index (Phi) is 4.33. The van der Waals surface area contributed by atoms with Crippen molar-refractivity contribution in [2.24, 2.45) is 17.3 Å². The summed E-state index contributed by atoms with van der Waals surface area (Å²) in [5.74, 6) is -0.136. The van der Waals surface area contributed by atoms with Crippen LogP contribution in [0.3, 0.4) is 0 Å². The van der Waals surface area contributed by atoms with E-state index in [-0.39, 0.29) is 22.5 Å². The van der Waals surface area contributed by atoms with Gasteiger partial charge in [-0.05, 0) is 68.9 Å². The lowest BCUT2D eigenvalue weighted by Crippen LogP contribution is -2.60. The van der Waals surface area contributed by atoms with E-state index < -0.39 is 29.9 Å². The van der Waals surface area contributed by atoms with E-state index in [9.17, 15) is 14.7 Å². The molecule has 6 heteroatoms. The number of aromatic nitrogens is 1. The molecule has 1 aliphatic heterocycles. The number of aromatic amines is 1. The largest absolute Gasteiger partial charge is 0.455 e. The van der Waals surface area contributed by atoms with Crippen LogP contribution in [0.15, 0.2) is 24.3 Å². The summed E-state index contributed by atoms with van der Waals surface area (Å²) >= 11 is 0. The first-order chi connectivity index (χ1) is 15.6. The summed E-state index contributed by atoms with van der Waals surface area (Å²) in [7, 11) is 0. The molecule has 2 N–H and O–H groups in total. The first-order valence-electron chi connectivity index (χ1n) is 12.3. The van der Waals surface area contributed by atoms with Crippen LogP contribution in [0.2, 0.25) is 0 Å². The van der Waals surface area contributed by atoms with Crippen LogP contribution >= 0.6 is 0 Å². The van der Waals surface area contributed by atoms with Gasteiger partial charge in [0.25, 0.3) is 0 Å². The molecule has 1 aromatic carbocycles. The highest BCUT2D eigenvalue weighted by Gasteiger charge is 2.65. The summed E-state index contributed by atoms with van der Waals surface area (Å²) in [5.41, 5.74) is 2.70. The highest BCUT2D eigenvalue weighted by molar-refractivity contribution is 5.89. The Bertz CT molecular complexity index is 1170. The third-order valence-corrected chi connectivity index (χ3v) is 9.83. The topological polar surface area (TPSA) is 88.6 Å². The van der Waals surface area contributed by atoms with Gasteiger partial charge in [0.2, 0.25) is 0 Å². The summed E-state index contributed by atoms with van der Waals surface area (Å²) in [6.45, 7) is 8.13. The molecule has 1 aromatic heterocycles. The van der Waals surface area contributed by atoms with Crippen molar-refractivity contribution >= 4 is 22.7 Å². The van der Waals surface area contributed by atoms with Gasteiger partial charge in [-0.25, -0.2) is 4.79 Å². The number of carbonyl (C=O) groups excluding carboxylic acids is 2. The van der Waals surface area contributed by atoms with Crippen LogP contribution in [-0.2, 0) is 30.9 Å². The van der Waals surface area contributed by atoms with E-state index in [0.717, 1.165) is 25.7 Å². The fraction of sp³-hybridized carbons (Fsp3) is 0.630. The van der Waals surface area contributed by atoms with Crippen molar-refractivity contribution in [1.29, 1.82) is 0 Å². The highest BCUT2D eigenvalue weighted by atomic mass is 16.6. The zero-order chi connectivity index (χ0) is 23.3. The summed E-state index contributed by atoms with van der Waals surface area (Å²) in [6.07, 6.45) is 1.62. The molecule has 0 radical (unpaired) electrons. The number of nitrogens with one attached hydrogen (secondary N) is 1. The summed E-state index contributed by atoms with van der Waals surface area (Å²) in [5, 5.41) is 11.6. The van der Waals surface area contributed by atoms with Crippen LogP contribution in [0.1, 0.15) is 64.6 Å². The maximum Gasteiger partial charge on any atom is 0.338 e. The molecule has 3 fully saturated rings. The minimum Gasteiger partial charge on any atom is -0.455 e. The number of ketones is 1. The van der Waals surface area contributed by atoms with Crippen molar-refractivity contribution in [3.8, 4) is 0 Å². The van der Waals surface area contributed by atoms with E-state index in [1.165, 1.54) is 22.2 Å². The van der Waals surface area contributed by atoms with E-state index >= 15 is 0 Å². The molecule has 2 saturated carbocycles. The van der Waals surface area contributed by atoms with Crippen molar-refractivity contribution in [3.63, 3.8) is 0 Å². The van der Waals surface area contributed by atoms with Gasteiger partial charge in [-0.15, -0.1) is 0 Å². The number of carbonyl (C=O) groups is 2. The molecule has 2 heterocycles. The van der Waals surface area contributed by atoms with Crippen molar-refractivity contribution < 1.29 is 24.2 Å². The number of para-hydroxylation sites is 1. The van der Waals surface area contributed by atoms with Crippen molar-refractivity contribution in [3.05, 3.63) is 35.5 Å². The number of H-pyrrole nitrogens is 1. The van der Waals surface area contributed by atoms with E-state index in [4.69, 9.17) is 9.47 Å². The average molecular weight is 452 g/mol. The quantitative estimate of drug-likeness (QED) is 0.678. The zero-order valence-corrected chi connectivity index (χ0v) is 19.8. The molecule has 4 aliphatic rings. The van der Waals surface area contributed by atoms with Gasteiger partial charge in [0.05, 0.1) is 0 Å². The lowest BCUT2D eigenvalue weighted by Gasteiger charge is -2.58. The van der Waals surface area contributed by atoms with Crippen LogP contribution in [0.25, 0.3) is 10.9 Å². The van der Waals surface area contributed by atoms with Gasteiger partial charge in [-0.1, -0.05) is 32.0 Å². The molecule has 0 amide bonds. The number of Topliss-reactive ketones (excluding diaryl/α,β-unsaturated/α-hetero) is 1. The molecule has 33 heavy (non-hydrogen) atoms. The molecule has 3 aliphatic carbocycles. The maximum atomic E-state index is 13.8. The van der Waals surface area contributed by atoms with Gasteiger partial charge in [-0.3, -0.25) is 4.79 Å². The smallest absolute Gasteiger partial charge is 0.338 e. The Balaban J connectivity index is 1.33. The molecular formula is C27H33NO5. The van der Waals surface area contributed by atoms with Crippen LogP contribution in [0, 0.1) is 17.3 Å². The van der Waals surface area contributed by atoms with Gasteiger partial charge in [-0.2, -0.15) is 0 Å². The SMILES string of the molecule is CC1(C)OC(=O)[C@@H](O)[C@@H]1O[C@H]1CC[C@@]2(C)C(CC[C@H]3Cc4c([nH]c5ccccc45)[C@@]32C)C1=O. The number of aliphatic hydroxyl groups excluding tert-OH is 1. The number of esters is 1. The monoisotopic (exact) mass is 451 g/mol. The molecule has 1 saturated heterocycles. The molecule has 1 unspecified atom stereocenters. The predicted octanol–water partition coefficient (Wildman–Crippen LogP) is 3.83. The first kappa shape index (κ1) is 21.4. The third kappa shape index (κ3) is 2.62. The first-order valence-corrected chi connectivity index (χ1v) is 12.3. The van der Waals surface area contributed by atoms with Crippen LogP contribution in [0.4, 0.5) is 0 Å². The average Bonchev–Trinajstić information content (AvgIpc) is 3.33. The lowest BCUT2D eigenvalue weighted by atomic mass is 9.45. The maximum absolute atomic E-state index is 13.8. The molecule has 176 valence electrons. The van der Waals surface area contributed by atoms with Crippen LogP contribution < -0.4 is 0 Å². The van der Waals surface area contributed by atoms with E-state index in [0.29, 0.717) is 12.3 Å². The normalized spacial score (nSPS) is 41.5. The highest BCUT2D eigenvalue weighted by Crippen LogP contribution is 2.66. The number of hydrogen-bond donors (Lipinski definition) is 2. The Morgan fingerprint density at radius 1 is 1.09 bits per heavy atom. The molecular weight excluding hydrogens is 418 g/mol. The molecule has 7 atom stereocenters. The van der Waals surface area contributed by atoms with Crippen LogP contribution in [-0.4, -0.2) is 45.8 Å². The minimum atomic E-state index is -1.35. The second kappa shape index (κ2) is 6.70. The summed E-state index contributed by atoms with van der Waals surface area (Å²) in [4.78, 5) is 29.5. The molecule has 0 spiro atoms. The number of aliphatic hydroxyl groups is 1. The minimum absolute atomic E-state index is 0.101. The van der Waals surface area contributed by atoms with Crippen molar-refractivity contribution in [2.45, 2.75) is 89.1 Å². The van der Waals surface area contributed by atoms with Crippen molar-refractivity contribution in [2.75, 3.05) is 0 Å². The van der Waals surface area contributed by atoms with Gasteiger partial charge < -0.3 is 19.6 Å². The van der Waals surface area contributed by atoms with Gasteiger partial charge in [0.15, 0.2) is 11.9 Å². The number of cyclic esters (lactones) is 1. The van der Waals surface area contributed by atoms with Crippen LogP contribution in [0.5, 0.6) is 0 Å². The van der Waals surface area contributed by atoms with Gasteiger partial charge in [0, 0.05) is 27.9 Å². The number of hydrogen-bond acceptors (Lipinski definition) is 5. The standard InChI is InChI=1S/C27H33NO5/c1-25(2)23(21(30)24(31)33-25)32-19-11-12-26(3)17(20(19)29)10-9-14-13-16-15-7-5-6-8-18(15)28-22(16)27(14,26)4/h5-8,14,17,19,21,23,28,30H,9-13H2,1-4H3/t14-,17?,19-,21-,23-,26-,27+/m0/s1.